The van der Waals surface area contributed by atoms with Crippen LogP contribution in [0.1, 0.15) is 18.5 Å². The summed E-state index contributed by atoms with van der Waals surface area (Å²) in [5.74, 6) is -0.472. The van der Waals surface area contributed by atoms with Crippen LogP contribution < -0.4 is 5.32 Å². The zero-order valence-corrected chi connectivity index (χ0v) is 12.1. The van der Waals surface area contributed by atoms with Crippen LogP contribution in [0.3, 0.4) is 0 Å². The summed E-state index contributed by atoms with van der Waals surface area (Å²) in [5, 5.41) is 3.00. The number of hydrogen-bond donors (Lipinski definition) is 1. The van der Waals surface area contributed by atoms with Gasteiger partial charge >= 0.3 is 0 Å². The zero-order valence-electron chi connectivity index (χ0n) is 11.3. The van der Waals surface area contributed by atoms with Crippen molar-refractivity contribution in [3.63, 3.8) is 0 Å². The van der Waals surface area contributed by atoms with Crippen LogP contribution in [0.5, 0.6) is 0 Å². The Bertz CT molecular complexity index is 699. The van der Waals surface area contributed by atoms with E-state index in [-0.39, 0.29) is 16.6 Å². The molecule has 0 saturated heterocycles. The van der Waals surface area contributed by atoms with Crippen LogP contribution >= 0.6 is 0 Å². The van der Waals surface area contributed by atoms with Gasteiger partial charge in [-0.1, -0.05) is 30.3 Å². The monoisotopic (exact) mass is 293 g/mol. The minimum absolute atomic E-state index is 0.0988. The average molecular weight is 293 g/mol. The average Bonchev–Trinajstić information content (AvgIpc) is 2.41. The summed E-state index contributed by atoms with van der Waals surface area (Å²) in [5.41, 5.74) is 1.18. The maximum absolute atomic E-state index is 13.8. The SMILES string of the molecule is CC(Nc1cc(S(C)(=O)=O)ccc1F)c1ccccc1. The molecule has 0 aliphatic rings. The van der Waals surface area contributed by atoms with Gasteiger partial charge in [0.2, 0.25) is 0 Å². The first kappa shape index (κ1) is 14.5. The van der Waals surface area contributed by atoms with Gasteiger partial charge in [-0.2, -0.15) is 0 Å². The van der Waals surface area contributed by atoms with E-state index in [9.17, 15) is 12.8 Å². The van der Waals surface area contributed by atoms with E-state index in [1.54, 1.807) is 0 Å². The van der Waals surface area contributed by atoms with Crippen LogP contribution in [-0.2, 0) is 9.84 Å². The lowest BCUT2D eigenvalue weighted by atomic mass is 10.1. The molecule has 1 unspecified atom stereocenters. The molecule has 2 aromatic carbocycles. The van der Waals surface area contributed by atoms with E-state index in [1.165, 1.54) is 12.1 Å². The molecule has 0 bridgehead atoms. The molecule has 106 valence electrons. The summed E-state index contributed by atoms with van der Waals surface area (Å²) in [6.07, 6.45) is 1.10. The maximum atomic E-state index is 13.8. The molecule has 0 heterocycles. The molecule has 0 radical (unpaired) electrons. The first-order valence-electron chi connectivity index (χ1n) is 6.19. The number of anilines is 1. The molecule has 2 aromatic rings. The molecule has 0 amide bonds. The third-order valence-corrected chi connectivity index (χ3v) is 4.15. The molecular weight excluding hydrogens is 277 g/mol. The fourth-order valence-corrected chi connectivity index (χ4v) is 2.55. The van der Waals surface area contributed by atoms with Gasteiger partial charge in [-0.25, -0.2) is 12.8 Å². The summed E-state index contributed by atoms with van der Waals surface area (Å²) in [6.45, 7) is 1.89. The molecule has 20 heavy (non-hydrogen) atoms. The Balaban J connectivity index is 2.30. The third kappa shape index (κ3) is 3.36. The van der Waals surface area contributed by atoms with E-state index in [4.69, 9.17) is 0 Å². The Labute approximate surface area is 118 Å². The van der Waals surface area contributed by atoms with Gasteiger partial charge in [-0.05, 0) is 30.7 Å². The maximum Gasteiger partial charge on any atom is 0.175 e. The summed E-state index contributed by atoms with van der Waals surface area (Å²) in [7, 11) is -3.35. The molecule has 0 spiro atoms. The third-order valence-electron chi connectivity index (χ3n) is 3.04. The van der Waals surface area contributed by atoms with Crippen molar-refractivity contribution in [2.75, 3.05) is 11.6 Å². The topological polar surface area (TPSA) is 46.2 Å². The molecular formula is C15H16FNO2S. The van der Waals surface area contributed by atoms with Gasteiger partial charge in [0, 0.05) is 12.3 Å². The van der Waals surface area contributed by atoms with Gasteiger partial charge in [0.15, 0.2) is 9.84 Å². The highest BCUT2D eigenvalue weighted by Gasteiger charge is 2.13. The van der Waals surface area contributed by atoms with E-state index in [0.29, 0.717) is 0 Å². The Morgan fingerprint density at radius 3 is 2.35 bits per heavy atom. The van der Waals surface area contributed by atoms with Crippen LogP contribution in [0, 0.1) is 5.82 Å². The first-order valence-corrected chi connectivity index (χ1v) is 8.08. The molecule has 1 N–H and O–H groups in total. The van der Waals surface area contributed by atoms with Crippen LogP contribution in [0.25, 0.3) is 0 Å². The molecule has 0 aliphatic heterocycles. The number of rotatable bonds is 4. The lowest BCUT2D eigenvalue weighted by Crippen LogP contribution is -2.09. The largest absolute Gasteiger partial charge is 0.376 e. The highest BCUT2D eigenvalue weighted by molar-refractivity contribution is 7.90. The van der Waals surface area contributed by atoms with Crippen molar-refractivity contribution < 1.29 is 12.8 Å². The molecule has 0 aromatic heterocycles. The summed E-state index contributed by atoms with van der Waals surface area (Å²) in [6, 6.07) is 13.2. The summed E-state index contributed by atoms with van der Waals surface area (Å²) < 4.78 is 36.8. The minimum atomic E-state index is -3.35. The number of halogens is 1. The molecule has 0 aliphatic carbocycles. The smallest absolute Gasteiger partial charge is 0.175 e. The van der Waals surface area contributed by atoms with Crippen molar-refractivity contribution in [1.82, 2.24) is 0 Å². The van der Waals surface area contributed by atoms with E-state index in [2.05, 4.69) is 5.32 Å². The van der Waals surface area contributed by atoms with Gasteiger partial charge in [-0.3, -0.25) is 0 Å². The number of benzene rings is 2. The lowest BCUT2D eigenvalue weighted by Gasteiger charge is -2.16. The minimum Gasteiger partial charge on any atom is -0.376 e. The van der Waals surface area contributed by atoms with Gasteiger partial charge in [-0.15, -0.1) is 0 Å². The van der Waals surface area contributed by atoms with Gasteiger partial charge in [0.25, 0.3) is 0 Å². The van der Waals surface area contributed by atoms with E-state index < -0.39 is 15.7 Å². The Kier molecular flexibility index (Phi) is 4.09. The lowest BCUT2D eigenvalue weighted by molar-refractivity contribution is 0.600. The standard InChI is InChI=1S/C15H16FNO2S/c1-11(12-6-4-3-5-7-12)17-15-10-13(20(2,18)19)8-9-14(15)16/h3-11,17H,1-2H3. The van der Waals surface area contributed by atoms with Crippen molar-refractivity contribution in [3.05, 3.63) is 59.9 Å². The highest BCUT2D eigenvalue weighted by atomic mass is 32.2. The number of hydrogen-bond acceptors (Lipinski definition) is 3. The van der Waals surface area contributed by atoms with Crippen LogP contribution in [0.2, 0.25) is 0 Å². The summed E-state index contributed by atoms with van der Waals surface area (Å²) >= 11 is 0. The Morgan fingerprint density at radius 2 is 1.75 bits per heavy atom. The Morgan fingerprint density at radius 1 is 1.10 bits per heavy atom. The molecule has 3 nitrogen and oxygen atoms in total. The predicted molar refractivity (Wildman–Crippen MR) is 78.0 cm³/mol. The molecule has 0 saturated carbocycles. The quantitative estimate of drug-likeness (QED) is 0.879. The molecule has 5 heteroatoms. The Hall–Kier alpha value is -1.88. The van der Waals surface area contributed by atoms with Crippen LogP contribution in [-0.4, -0.2) is 14.7 Å². The molecule has 1 atom stereocenters. The van der Waals surface area contributed by atoms with Crippen molar-refractivity contribution in [3.8, 4) is 0 Å². The molecule has 0 fully saturated rings. The summed E-state index contributed by atoms with van der Waals surface area (Å²) in [4.78, 5) is 0.0988. The van der Waals surface area contributed by atoms with Gasteiger partial charge in [0.05, 0.1) is 10.6 Å². The van der Waals surface area contributed by atoms with E-state index in [1.807, 2.05) is 37.3 Å². The highest BCUT2D eigenvalue weighted by Crippen LogP contribution is 2.24. The zero-order chi connectivity index (χ0) is 14.8. The van der Waals surface area contributed by atoms with Crippen molar-refractivity contribution >= 4 is 15.5 Å². The van der Waals surface area contributed by atoms with Crippen molar-refractivity contribution in [2.24, 2.45) is 0 Å². The predicted octanol–water partition coefficient (Wildman–Crippen LogP) is 3.40. The molecule has 2 rings (SSSR count). The van der Waals surface area contributed by atoms with E-state index >= 15 is 0 Å². The second-order valence-electron chi connectivity index (χ2n) is 4.69. The normalized spacial score (nSPS) is 12.9. The van der Waals surface area contributed by atoms with Gasteiger partial charge < -0.3 is 5.32 Å². The second kappa shape index (κ2) is 5.63. The van der Waals surface area contributed by atoms with Gasteiger partial charge in [0.1, 0.15) is 5.82 Å². The number of nitrogens with one attached hydrogen (secondary N) is 1. The number of sulfone groups is 1. The van der Waals surface area contributed by atoms with Crippen LogP contribution in [0.15, 0.2) is 53.4 Å². The fourth-order valence-electron chi connectivity index (χ4n) is 1.90. The fraction of sp³-hybridized carbons (Fsp3) is 0.200. The van der Waals surface area contributed by atoms with Crippen molar-refractivity contribution in [1.29, 1.82) is 0 Å². The van der Waals surface area contributed by atoms with Crippen molar-refractivity contribution in [2.45, 2.75) is 17.9 Å². The second-order valence-corrected chi connectivity index (χ2v) is 6.71. The first-order chi connectivity index (χ1) is 9.38. The van der Waals surface area contributed by atoms with E-state index in [0.717, 1.165) is 17.9 Å². The van der Waals surface area contributed by atoms with Crippen LogP contribution in [0.4, 0.5) is 10.1 Å².